The summed E-state index contributed by atoms with van der Waals surface area (Å²) in [5.74, 6) is 1.06. The van der Waals surface area contributed by atoms with Gasteiger partial charge in [0.05, 0.1) is 12.2 Å². The van der Waals surface area contributed by atoms with Crippen LogP contribution in [-0.4, -0.2) is 28.8 Å². The zero-order chi connectivity index (χ0) is 15.7. The highest BCUT2D eigenvalue weighted by Crippen LogP contribution is 2.22. The van der Waals surface area contributed by atoms with Crippen molar-refractivity contribution < 1.29 is 4.79 Å². The summed E-state index contributed by atoms with van der Waals surface area (Å²) in [6, 6.07) is 8.14. The summed E-state index contributed by atoms with van der Waals surface area (Å²) in [6.45, 7) is 8.21. The number of nitrogens with one attached hydrogen (secondary N) is 1. The van der Waals surface area contributed by atoms with Crippen molar-refractivity contribution in [3.63, 3.8) is 0 Å². The molecule has 1 aliphatic heterocycles. The average Bonchev–Trinajstić information content (AvgIpc) is 2.84. The largest absolute Gasteiger partial charge is 0.347 e. The molecule has 0 radical (unpaired) electrons. The molecule has 5 nitrogen and oxygen atoms in total. The lowest BCUT2D eigenvalue weighted by molar-refractivity contribution is -0.115. The first kappa shape index (κ1) is 14.6. The Morgan fingerprint density at radius 1 is 1.23 bits per heavy atom. The molecule has 0 saturated heterocycles. The minimum Gasteiger partial charge on any atom is -0.347 e. The highest BCUT2D eigenvalue weighted by Gasteiger charge is 2.20. The molecule has 0 aliphatic carbocycles. The van der Waals surface area contributed by atoms with Crippen LogP contribution in [0.4, 0.5) is 11.5 Å². The van der Waals surface area contributed by atoms with Crippen LogP contribution in [0.15, 0.2) is 24.3 Å². The lowest BCUT2D eigenvalue weighted by Gasteiger charge is -2.28. The molecule has 3 rings (SSSR count). The van der Waals surface area contributed by atoms with Crippen LogP contribution >= 0.6 is 0 Å². The molecular formula is C17H22N4O. The van der Waals surface area contributed by atoms with Crippen LogP contribution in [0.1, 0.15) is 23.2 Å². The molecule has 1 aromatic heterocycles. The van der Waals surface area contributed by atoms with E-state index in [4.69, 9.17) is 0 Å². The molecule has 116 valence electrons. The minimum atomic E-state index is 0.0148. The van der Waals surface area contributed by atoms with E-state index in [-0.39, 0.29) is 5.91 Å². The van der Waals surface area contributed by atoms with E-state index in [1.165, 1.54) is 0 Å². The van der Waals surface area contributed by atoms with Crippen molar-refractivity contribution in [1.82, 2.24) is 9.78 Å². The monoisotopic (exact) mass is 298 g/mol. The maximum Gasteiger partial charge on any atom is 0.243 e. The standard InChI is InChI=1S/C17H22N4O/c1-12-5-6-13(2)15(9-12)18-16(22)11-20-7-4-8-21-17(20)10-14(3)19-21/h5-6,9-10H,4,7-8,11H2,1-3H3,(H,18,22). The second-order valence-corrected chi connectivity index (χ2v) is 6.01. The Labute approximate surface area is 130 Å². The Balaban J connectivity index is 1.71. The van der Waals surface area contributed by atoms with E-state index in [1.54, 1.807) is 0 Å². The summed E-state index contributed by atoms with van der Waals surface area (Å²) in [6.07, 6.45) is 1.02. The average molecular weight is 298 g/mol. The van der Waals surface area contributed by atoms with E-state index >= 15 is 0 Å². The number of nitrogens with zero attached hydrogens (tertiary/aromatic N) is 3. The molecule has 2 aromatic rings. The third-order valence-corrected chi connectivity index (χ3v) is 4.00. The smallest absolute Gasteiger partial charge is 0.243 e. The van der Waals surface area contributed by atoms with E-state index in [9.17, 15) is 4.79 Å². The van der Waals surface area contributed by atoms with Gasteiger partial charge in [-0.05, 0) is 44.4 Å². The molecule has 0 bridgehead atoms. The first-order valence-electron chi connectivity index (χ1n) is 7.69. The molecule has 0 unspecified atom stereocenters. The predicted octanol–water partition coefficient (Wildman–Crippen LogP) is 2.66. The van der Waals surface area contributed by atoms with Gasteiger partial charge in [-0.2, -0.15) is 5.10 Å². The van der Waals surface area contributed by atoms with Gasteiger partial charge in [0.1, 0.15) is 5.82 Å². The molecule has 0 spiro atoms. The highest BCUT2D eigenvalue weighted by atomic mass is 16.2. The van der Waals surface area contributed by atoms with Gasteiger partial charge in [0.2, 0.25) is 5.91 Å². The highest BCUT2D eigenvalue weighted by molar-refractivity contribution is 5.94. The summed E-state index contributed by atoms with van der Waals surface area (Å²) in [5, 5.41) is 7.49. The van der Waals surface area contributed by atoms with Crippen molar-refractivity contribution in [2.24, 2.45) is 0 Å². The molecule has 1 amide bonds. The van der Waals surface area contributed by atoms with E-state index < -0.39 is 0 Å². The van der Waals surface area contributed by atoms with Crippen molar-refractivity contribution in [3.8, 4) is 0 Å². The van der Waals surface area contributed by atoms with Crippen LogP contribution in [-0.2, 0) is 11.3 Å². The summed E-state index contributed by atoms with van der Waals surface area (Å²) < 4.78 is 1.99. The van der Waals surface area contributed by atoms with Crippen LogP contribution in [0.2, 0.25) is 0 Å². The lowest BCUT2D eigenvalue weighted by Crippen LogP contribution is -2.38. The van der Waals surface area contributed by atoms with Gasteiger partial charge in [0.25, 0.3) is 0 Å². The van der Waals surface area contributed by atoms with Crippen molar-refractivity contribution in [2.75, 3.05) is 23.3 Å². The maximum atomic E-state index is 12.4. The van der Waals surface area contributed by atoms with E-state index in [1.807, 2.05) is 43.7 Å². The number of rotatable bonds is 3. The number of fused-ring (bicyclic) bond motifs is 1. The molecule has 0 atom stereocenters. The first-order chi connectivity index (χ1) is 10.5. The van der Waals surface area contributed by atoms with Crippen molar-refractivity contribution in [3.05, 3.63) is 41.1 Å². The summed E-state index contributed by atoms with van der Waals surface area (Å²) in [7, 11) is 0. The number of anilines is 2. The topological polar surface area (TPSA) is 50.2 Å². The van der Waals surface area contributed by atoms with Gasteiger partial charge in [-0.1, -0.05) is 12.1 Å². The van der Waals surface area contributed by atoms with Gasteiger partial charge in [-0.15, -0.1) is 0 Å². The Kier molecular flexibility index (Phi) is 3.88. The Hall–Kier alpha value is -2.30. The first-order valence-corrected chi connectivity index (χ1v) is 7.69. The molecule has 1 aliphatic rings. The number of hydrogen-bond donors (Lipinski definition) is 1. The van der Waals surface area contributed by atoms with Crippen molar-refractivity contribution in [2.45, 2.75) is 33.7 Å². The fourth-order valence-corrected chi connectivity index (χ4v) is 2.87. The molecule has 0 fully saturated rings. The van der Waals surface area contributed by atoms with Gasteiger partial charge in [-0.3, -0.25) is 4.79 Å². The number of carbonyl (C=O) groups is 1. The summed E-state index contributed by atoms with van der Waals surface area (Å²) >= 11 is 0. The zero-order valence-electron chi connectivity index (χ0n) is 13.4. The van der Waals surface area contributed by atoms with Crippen LogP contribution in [0, 0.1) is 20.8 Å². The Morgan fingerprint density at radius 3 is 2.86 bits per heavy atom. The maximum absolute atomic E-state index is 12.4. The van der Waals surface area contributed by atoms with E-state index in [2.05, 4.69) is 21.4 Å². The number of hydrogen-bond acceptors (Lipinski definition) is 3. The summed E-state index contributed by atoms with van der Waals surface area (Å²) in [4.78, 5) is 14.5. The molecule has 1 aromatic carbocycles. The molecule has 22 heavy (non-hydrogen) atoms. The van der Waals surface area contributed by atoms with E-state index in [0.29, 0.717) is 6.54 Å². The molecule has 1 N–H and O–H groups in total. The third kappa shape index (κ3) is 2.98. The fraction of sp³-hybridized carbons (Fsp3) is 0.412. The SMILES string of the molecule is Cc1ccc(C)c(NC(=O)CN2CCCn3nc(C)cc32)c1. The Bertz CT molecular complexity index is 705. The number of amides is 1. The van der Waals surface area contributed by atoms with Gasteiger partial charge >= 0.3 is 0 Å². The normalized spacial score (nSPS) is 13.9. The van der Waals surface area contributed by atoms with Crippen LogP contribution < -0.4 is 10.2 Å². The fourth-order valence-electron chi connectivity index (χ4n) is 2.87. The predicted molar refractivity (Wildman–Crippen MR) is 88.3 cm³/mol. The molecule has 5 heteroatoms. The van der Waals surface area contributed by atoms with Crippen LogP contribution in [0.25, 0.3) is 0 Å². The second-order valence-electron chi connectivity index (χ2n) is 6.01. The molecule has 0 saturated carbocycles. The minimum absolute atomic E-state index is 0.0148. The van der Waals surface area contributed by atoms with Gasteiger partial charge in [0, 0.05) is 24.8 Å². The quantitative estimate of drug-likeness (QED) is 0.948. The zero-order valence-corrected chi connectivity index (χ0v) is 13.4. The number of carbonyl (C=O) groups excluding carboxylic acids is 1. The van der Waals surface area contributed by atoms with Crippen molar-refractivity contribution in [1.29, 1.82) is 0 Å². The van der Waals surface area contributed by atoms with Crippen LogP contribution in [0.3, 0.4) is 0 Å². The van der Waals surface area contributed by atoms with E-state index in [0.717, 1.165) is 47.8 Å². The van der Waals surface area contributed by atoms with Gasteiger partial charge in [0.15, 0.2) is 0 Å². The van der Waals surface area contributed by atoms with Gasteiger partial charge < -0.3 is 10.2 Å². The summed E-state index contributed by atoms with van der Waals surface area (Å²) in [5.41, 5.74) is 4.12. The molecule has 2 heterocycles. The molecular weight excluding hydrogens is 276 g/mol. The third-order valence-electron chi connectivity index (χ3n) is 4.00. The second kappa shape index (κ2) is 5.83. The lowest BCUT2D eigenvalue weighted by atomic mass is 10.1. The number of benzene rings is 1. The Morgan fingerprint density at radius 2 is 2.05 bits per heavy atom. The van der Waals surface area contributed by atoms with Crippen LogP contribution in [0.5, 0.6) is 0 Å². The van der Waals surface area contributed by atoms with Gasteiger partial charge in [-0.25, -0.2) is 4.68 Å². The van der Waals surface area contributed by atoms with Crippen molar-refractivity contribution >= 4 is 17.4 Å². The number of aryl methyl sites for hydroxylation is 4. The number of aromatic nitrogens is 2.